The zero-order valence-corrected chi connectivity index (χ0v) is 11.9. The second-order valence-corrected chi connectivity index (χ2v) is 4.37. The molecule has 0 aliphatic rings. The van der Waals surface area contributed by atoms with Crippen molar-refractivity contribution in [3.05, 3.63) is 47.1 Å². The number of carbonyl (C=O) groups excluding carboxylic acids is 1. The van der Waals surface area contributed by atoms with Gasteiger partial charge >= 0.3 is 0 Å². The molecular formula is C14H14ClN3O2. The highest BCUT2D eigenvalue weighted by atomic mass is 35.5. The number of methoxy groups -OCH3 is 1. The molecule has 0 bridgehead atoms. The molecule has 20 heavy (non-hydrogen) atoms. The Bertz CT molecular complexity index is 632. The third-order valence-corrected chi connectivity index (χ3v) is 2.98. The van der Waals surface area contributed by atoms with Gasteiger partial charge in [0.2, 0.25) is 0 Å². The zero-order chi connectivity index (χ0) is 14.5. The second-order valence-electron chi connectivity index (χ2n) is 3.96. The average molecular weight is 292 g/mol. The van der Waals surface area contributed by atoms with E-state index < -0.39 is 0 Å². The summed E-state index contributed by atoms with van der Waals surface area (Å²) in [5.74, 6) is 0.818. The lowest BCUT2D eigenvalue weighted by Gasteiger charge is -2.10. The zero-order valence-electron chi connectivity index (χ0n) is 11.1. The molecule has 2 aromatic rings. The first-order chi connectivity index (χ1) is 9.65. The monoisotopic (exact) mass is 291 g/mol. The van der Waals surface area contributed by atoms with Crippen LogP contribution < -0.4 is 15.4 Å². The van der Waals surface area contributed by atoms with Gasteiger partial charge in [-0.1, -0.05) is 23.7 Å². The molecule has 0 fully saturated rings. The van der Waals surface area contributed by atoms with Crippen LogP contribution in [0.3, 0.4) is 0 Å². The van der Waals surface area contributed by atoms with E-state index in [9.17, 15) is 4.79 Å². The number of anilines is 2. The van der Waals surface area contributed by atoms with Crippen LogP contribution in [-0.2, 0) is 0 Å². The number of aromatic nitrogens is 1. The van der Waals surface area contributed by atoms with Gasteiger partial charge in [-0.3, -0.25) is 4.79 Å². The van der Waals surface area contributed by atoms with E-state index in [0.717, 1.165) is 0 Å². The molecule has 0 spiro atoms. The SMILES string of the molecule is CNc1ncc(C(=O)Nc2ccccc2OC)cc1Cl. The molecule has 5 nitrogen and oxygen atoms in total. The first kappa shape index (κ1) is 14.1. The third-order valence-electron chi connectivity index (χ3n) is 2.70. The number of rotatable bonds is 4. The number of ether oxygens (including phenoxy) is 1. The van der Waals surface area contributed by atoms with E-state index in [2.05, 4.69) is 15.6 Å². The number of benzene rings is 1. The summed E-state index contributed by atoms with van der Waals surface area (Å²) in [6.07, 6.45) is 1.46. The fourth-order valence-corrected chi connectivity index (χ4v) is 1.95. The van der Waals surface area contributed by atoms with Crippen LogP contribution in [-0.4, -0.2) is 25.0 Å². The van der Waals surface area contributed by atoms with Crippen molar-refractivity contribution in [1.82, 2.24) is 4.98 Å². The molecule has 1 aromatic carbocycles. The van der Waals surface area contributed by atoms with Crippen LogP contribution in [0, 0.1) is 0 Å². The molecule has 2 N–H and O–H groups in total. The van der Waals surface area contributed by atoms with Crippen molar-refractivity contribution in [2.75, 3.05) is 24.8 Å². The molecule has 0 saturated carbocycles. The number of para-hydroxylation sites is 2. The van der Waals surface area contributed by atoms with Crippen LogP contribution in [0.15, 0.2) is 36.5 Å². The smallest absolute Gasteiger partial charge is 0.257 e. The third kappa shape index (κ3) is 3.00. The molecule has 0 saturated heterocycles. The van der Waals surface area contributed by atoms with Crippen LogP contribution in [0.2, 0.25) is 5.02 Å². The maximum absolute atomic E-state index is 12.1. The lowest BCUT2D eigenvalue weighted by Crippen LogP contribution is -2.13. The Hall–Kier alpha value is -2.27. The molecule has 0 aliphatic heterocycles. The summed E-state index contributed by atoms with van der Waals surface area (Å²) >= 11 is 6.01. The van der Waals surface area contributed by atoms with Gasteiger partial charge in [-0.05, 0) is 18.2 Å². The van der Waals surface area contributed by atoms with Gasteiger partial charge < -0.3 is 15.4 Å². The van der Waals surface area contributed by atoms with E-state index in [1.54, 1.807) is 32.4 Å². The number of hydrogen-bond donors (Lipinski definition) is 2. The molecule has 0 unspecified atom stereocenters. The minimum absolute atomic E-state index is 0.299. The number of pyridine rings is 1. The first-order valence-electron chi connectivity index (χ1n) is 5.93. The Kier molecular flexibility index (Phi) is 4.42. The van der Waals surface area contributed by atoms with Gasteiger partial charge in [0.1, 0.15) is 11.6 Å². The Morgan fingerprint density at radius 3 is 2.75 bits per heavy atom. The highest BCUT2D eigenvalue weighted by molar-refractivity contribution is 6.33. The van der Waals surface area contributed by atoms with Gasteiger partial charge in [0.15, 0.2) is 0 Å². The van der Waals surface area contributed by atoms with Crippen LogP contribution in [0.25, 0.3) is 0 Å². The van der Waals surface area contributed by atoms with E-state index in [0.29, 0.717) is 27.8 Å². The van der Waals surface area contributed by atoms with Gasteiger partial charge in [0.25, 0.3) is 5.91 Å². The maximum Gasteiger partial charge on any atom is 0.257 e. The van der Waals surface area contributed by atoms with E-state index in [1.165, 1.54) is 6.20 Å². The second kappa shape index (κ2) is 6.25. The van der Waals surface area contributed by atoms with Crippen molar-refractivity contribution < 1.29 is 9.53 Å². The van der Waals surface area contributed by atoms with Crippen molar-refractivity contribution in [3.63, 3.8) is 0 Å². The summed E-state index contributed by atoms with van der Waals surface area (Å²) in [7, 11) is 3.26. The van der Waals surface area contributed by atoms with Crippen molar-refractivity contribution in [2.24, 2.45) is 0 Å². The number of nitrogens with one attached hydrogen (secondary N) is 2. The van der Waals surface area contributed by atoms with E-state index >= 15 is 0 Å². The van der Waals surface area contributed by atoms with Crippen LogP contribution in [0.1, 0.15) is 10.4 Å². The van der Waals surface area contributed by atoms with Crippen molar-refractivity contribution in [2.45, 2.75) is 0 Å². The summed E-state index contributed by atoms with van der Waals surface area (Å²) in [5.41, 5.74) is 0.966. The average Bonchev–Trinajstić information content (AvgIpc) is 2.47. The van der Waals surface area contributed by atoms with Crippen molar-refractivity contribution in [3.8, 4) is 5.75 Å². The minimum atomic E-state index is -0.299. The van der Waals surface area contributed by atoms with E-state index in [4.69, 9.17) is 16.3 Å². The minimum Gasteiger partial charge on any atom is -0.495 e. The van der Waals surface area contributed by atoms with Crippen molar-refractivity contribution >= 4 is 29.0 Å². The summed E-state index contributed by atoms with van der Waals surface area (Å²) in [5, 5.41) is 5.98. The largest absolute Gasteiger partial charge is 0.495 e. The normalized spacial score (nSPS) is 9.95. The van der Waals surface area contributed by atoms with Gasteiger partial charge in [-0.15, -0.1) is 0 Å². The van der Waals surface area contributed by atoms with E-state index in [-0.39, 0.29) is 5.91 Å². The van der Waals surface area contributed by atoms with Gasteiger partial charge in [0.05, 0.1) is 23.4 Å². The molecule has 1 heterocycles. The number of nitrogens with zero attached hydrogens (tertiary/aromatic N) is 1. The molecular weight excluding hydrogens is 278 g/mol. The summed E-state index contributed by atoms with van der Waals surface area (Å²) in [6.45, 7) is 0. The summed E-state index contributed by atoms with van der Waals surface area (Å²) < 4.78 is 5.18. The number of carbonyl (C=O) groups is 1. The Balaban J connectivity index is 2.22. The number of hydrogen-bond acceptors (Lipinski definition) is 4. The first-order valence-corrected chi connectivity index (χ1v) is 6.31. The van der Waals surface area contributed by atoms with Crippen LogP contribution in [0.4, 0.5) is 11.5 Å². The number of halogens is 1. The molecule has 1 aromatic heterocycles. The lowest BCUT2D eigenvalue weighted by molar-refractivity contribution is 0.102. The molecule has 0 radical (unpaired) electrons. The lowest BCUT2D eigenvalue weighted by atomic mass is 10.2. The molecule has 0 aliphatic carbocycles. The molecule has 2 rings (SSSR count). The van der Waals surface area contributed by atoms with Crippen molar-refractivity contribution in [1.29, 1.82) is 0 Å². The summed E-state index contributed by atoms with van der Waals surface area (Å²) in [6, 6.07) is 8.73. The highest BCUT2D eigenvalue weighted by Crippen LogP contribution is 2.24. The fourth-order valence-electron chi connectivity index (χ4n) is 1.69. The number of amides is 1. The predicted molar refractivity (Wildman–Crippen MR) is 79.7 cm³/mol. The molecule has 6 heteroatoms. The molecule has 104 valence electrons. The van der Waals surface area contributed by atoms with Gasteiger partial charge in [0, 0.05) is 13.2 Å². The molecule has 0 atom stereocenters. The molecule has 1 amide bonds. The topological polar surface area (TPSA) is 63.2 Å². The maximum atomic E-state index is 12.1. The summed E-state index contributed by atoms with van der Waals surface area (Å²) in [4.78, 5) is 16.2. The standard InChI is InChI=1S/C14H14ClN3O2/c1-16-13-10(15)7-9(8-17-13)14(19)18-11-5-3-4-6-12(11)20-2/h3-8H,1-2H3,(H,16,17)(H,18,19). The Morgan fingerprint density at radius 2 is 2.10 bits per heavy atom. The van der Waals surface area contributed by atoms with Gasteiger partial charge in [-0.2, -0.15) is 0 Å². The van der Waals surface area contributed by atoms with Crippen LogP contribution in [0.5, 0.6) is 5.75 Å². The predicted octanol–water partition coefficient (Wildman–Crippen LogP) is 3.04. The Labute approximate surface area is 121 Å². The quantitative estimate of drug-likeness (QED) is 0.909. The van der Waals surface area contributed by atoms with Crippen LogP contribution >= 0.6 is 11.6 Å². The highest BCUT2D eigenvalue weighted by Gasteiger charge is 2.11. The fraction of sp³-hybridized carbons (Fsp3) is 0.143. The Morgan fingerprint density at radius 1 is 1.35 bits per heavy atom. The van der Waals surface area contributed by atoms with Gasteiger partial charge in [-0.25, -0.2) is 4.98 Å². The van der Waals surface area contributed by atoms with E-state index in [1.807, 2.05) is 12.1 Å².